The number of ether oxygens (including phenoxy) is 1. The lowest BCUT2D eigenvalue weighted by atomic mass is 9.50. The molecule has 4 aliphatic rings. The molecule has 0 radical (unpaired) electrons. The molecule has 4 aliphatic carbocycles. The monoisotopic (exact) mass is 286 g/mol. The van der Waals surface area contributed by atoms with Crippen molar-refractivity contribution in [3.8, 4) is 5.75 Å². The largest absolute Gasteiger partial charge is 0.493 e. The maximum absolute atomic E-state index is 11.1. The van der Waals surface area contributed by atoms with Crippen LogP contribution in [-0.4, -0.2) is 11.7 Å². The van der Waals surface area contributed by atoms with Crippen molar-refractivity contribution >= 4 is 0 Å². The number of benzene rings is 1. The van der Waals surface area contributed by atoms with E-state index in [1.807, 2.05) is 25.1 Å². The molecule has 2 heteroatoms. The number of rotatable bonds is 4. The Labute approximate surface area is 127 Å². The summed E-state index contributed by atoms with van der Waals surface area (Å²) in [6, 6.07) is 8.08. The lowest BCUT2D eigenvalue weighted by Gasteiger charge is -2.55. The van der Waals surface area contributed by atoms with E-state index in [1.54, 1.807) is 0 Å². The van der Waals surface area contributed by atoms with Crippen LogP contribution in [0.4, 0.5) is 0 Å². The summed E-state index contributed by atoms with van der Waals surface area (Å²) < 4.78 is 5.74. The van der Waals surface area contributed by atoms with Crippen LogP contribution in [0.15, 0.2) is 24.3 Å². The molecule has 114 valence electrons. The van der Waals surface area contributed by atoms with Crippen molar-refractivity contribution in [2.24, 2.45) is 29.6 Å². The van der Waals surface area contributed by atoms with Gasteiger partial charge in [-0.1, -0.05) is 18.2 Å². The highest BCUT2D eigenvalue weighted by molar-refractivity contribution is 5.36. The SMILES string of the molecule is CCOc1ccccc1C(O)C1C2CC3CC(C2)CC1C3. The number of aliphatic hydroxyl groups excluding tert-OH is 1. The summed E-state index contributed by atoms with van der Waals surface area (Å²) in [4.78, 5) is 0. The van der Waals surface area contributed by atoms with Gasteiger partial charge in [-0.2, -0.15) is 0 Å². The Kier molecular flexibility index (Phi) is 3.45. The summed E-state index contributed by atoms with van der Waals surface area (Å²) in [6.45, 7) is 2.66. The van der Waals surface area contributed by atoms with Crippen LogP contribution in [0, 0.1) is 29.6 Å². The summed E-state index contributed by atoms with van der Waals surface area (Å²) in [5, 5.41) is 11.1. The highest BCUT2D eigenvalue weighted by atomic mass is 16.5. The zero-order valence-corrected chi connectivity index (χ0v) is 12.9. The van der Waals surface area contributed by atoms with Crippen molar-refractivity contribution in [3.63, 3.8) is 0 Å². The minimum absolute atomic E-state index is 0.345. The van der Waals surface area contributed by atoms with Gasteiger partial charge in [0.15, 0.2) is 0 Å². The molecule has 5 rings (SSSR count). The van der Waals surface area contributed by atoms with Gasteiger partial charge >= 0.3 is 0 Å². The second-order valence-corrected chi connectivity index (χ2v) is 7.42. The molecule has 21 heavy (non-hydrogen) atoms. The van der Waals surface area contributed by atoms with Crippen molar-refractivity contribution in [2.75, 3.05) is 6.61 Å². The first-order valence-electron chi connectivity index (χ1n) is 8.66. The summed E-state index contributed by atoms with van der Waals surface area (Å²) in [7, 11) is 0. The predicted octanol–water partition coefficient (Wildman–Crippen LogP) is 4.19. The third-order valence-corrected chi connectivity index (χ3v) is 6.20. The zero-order chi connectivity index (χ0) is 14.4. The van der Waals surface area contributed by atoms with Crippen molar-refractivity contribution in [1.29, 1.82) is 0 Å². The Morgan fingerprint density at radius 3 is 2.29 bits per heavy atom. The normalized spacial score (nSPS) is 38.5. The van der Waals surface area contributed by atoms with Gasteiger partial charge in [0.05, 0.1) is 12.7 Å². The van der Waals surface area contributed by atoms with Gasteiger partial charge in [-0.3, -0.25) is 0 Å². The van der Waals surface area contributed by atoms with Crippen LogP contribution in [0.2, 0.25) is 0 Å². The summed E-state index contributed by atoms with van der Waals surface area (Å²) in [5.41, 5.74) is 1.01. The number of aliphatic hydroxyl groups is 1. The van der Waals surface area contributed by atoms with Crippen LogP contribution >= 0.6 is 0 Å². The minimum Gasteiger partial charge on any atom is -0.493 e. The minimum atomic E-state index is -0.345. The van der Waals surface area contributed by atoms with Crippen LogP contribution < -0.4 is 4.74 Å². The Bertz CT molecular complexity index is 482. The Morgan fingerprint density at radius 2 is 1.67 bits per heavy atom. The quantitative estimate of drug-likeness (QED) is 0.899. The van der Waals surface area contributed by atoms with Gasteiger partial charge in [-0.25, -0.2) is 0 Å². The molecule has 0 saturated heterocycles. The smallest absolute Gasteiger partial charge is 0.125 e. The van der Waals surface area contributed by atoms with Crippen molar-refractivity contribution in [1.82, 2.24) is 0 Å². The van der Waals surface area contributed by atoms with E-state index in [0.717, 1.165) is 35.0 Å². The first-order valence-corrected chi connectivity index (χ1v) is 8.66. The molecular weight excluding hydrogens is 260 g/mol. The van der Waals surface area contributed by atoms with E-state index in [9.17, 15) is 5.11 Å². The zero-order valence-electron chi connectivity index (χ0n) is 12.9. The lowest BCUT2D eigenvalue weighted by molar-refractivity contribution is -0.0912. The first kappa shape index (κ1) is 13.6. The second kappa shape index (κ2) is 5.31. The maximum atomic E-state index is 11.1. The molecule has 1 atom stereocenters. The van der Waals surface area contributed by atoms with Crippen LogP contribution in [-0.2, 0) is 0 Å². The molecule has 1 N–H and O–H groups in total. The summed E-state index contributed by atoms with van der Waals surface area (Å²) in [6.07, 6.45) is 6.53. The molecule has 1 aromatic rings. The Balaban J connectivity index is 1.61. The topological polar surface area (TPSA) is 29.5 Å². The summed E-state index contributed by atoms with van der Waals surface area (Å²) in [5.74, 6) is 4.73. The van der Waals surface area contributed by atoms with Crippen molar-refractivity contribution in [2.45, 2.75) is 45.1 Å². The molecule has 0 aliphatic heterocycles. The van der Waals surface area contributed by atoms with Gasteiger partial charge in [0, 0.05) is 5.56 Å². The summed E-state index contributed by atoms with van der Waals surface area (Å²) >= 11 is 0. The van der Waals surface area contributed by atoms with Crippen LogP contribution in [0.25, 0.3) is 0 Å². The average Bonchev–Trinajstić information content (AvgIpc) is 2.47. The molecule has 1 unspecified atom stereocenters. The fourth-order valence-electron chi connectivity index (χ4n) is 5.70. The second-order valence-electron chi connectivity index (χ2n) is 7.42. The molecule has 4 bridgehead atoms. The Hall–Kier alpha value is -1.02. The van der Waals surface area contributed by atoms with E-state index in [-0.39, 0.29) is 6.10 Å². The number of hydrogen-bond acceptors (Lipinski definition) is 2. The molecule has 2 nitrogen and oxygen atoms in total. The van der Waals surface area contributed by atoms with E-state index in [1.165, 1.54) is 32.1 Å². The van der Waals surface area contributed by atoms with Gasteiger partial charge in [0.1, 0.15) is 5.75 Å². The highest BCUT2D eigenvalue weighted by Crippen LogP contribution is 2.59. The third kappa shape index (κ3) is 2.28. The van der Waals surface area contributed by atoms with E-state index in [4.69, 9.17) is 4.74 Å². The van der Waals surface area contributed by atoms with E-state index < -0.39 is 0 Å². The van der Waals surface area contributed by atoms with Crippen molar-refractivity contribution < 1.29 is 9.84 Å². The predicted molar refractivity (Wildman–Crippen MR) is 83.1 cm³/mol. The molecule has 0 aromatic heterocycles. The van der Waals surface area contributed by atoms with Gasteiger partial charge < -0.3 is 9.84 Å². The fourth-order valence-corrected chi connectivity index (χ4v) is 5.70. The van der Waals surface area contributed by atoms with E-state index in [2.05, 4.69) is 6.07 Å². The number of hydrogen-bond donors (Lipinski definition) is 1. The highest BCUT2D eigenvalue weighted by Gasteiger charge is 2.50. The van der Waals surface area contributed by atoms with Gasteiger partial charge in [-0.05, 0) is 74.7 Å². The van der Waals surface area contributed by atoms with E-state index >= 15 is 0 Å². The van der Waals surface area contributed by atoms with Crippen LogP contribution in [0.5, 0.6) is 5.75 Å². The standard InChI is InChI=1S/C19H26O2/c1-2-21-17-6-4-3-5-16(17)19(20)18-14-8-12-7-13(10-14)11-15(18)9-12/h3-6,12-15,18-20H,2,7-11H2,1H3. The first-order chi connectivity index (χ1) is 10.3. The molecule has 0 heterocycles. The molecule has 4 saturated carbocycles. The third-order valence-electron chi connectivity index (χ3n) is 6.20. The molecule has 0 spiro atoms. The van der Waals surface area contributed by atoms with E-state index in [0.29, 0.717) is 12.5 Å². The molecular formula is C19H26O2. The molecule has 4 fully saturated rings. The van der Waals surface area contributed by atoms with Crippen LogP contribution in [0.1, 0.15) is 50.7 Å². The Morgan fingerprint density at radius 1 is 1.05 bits per heavy atom. The van der Waals surface area contributed by atoms with Crippen LogP contribution in [0.3, 0.4) is 0 Å². The fraction of sp³-hybridized carbons (Fsp3) is 0.684. The number of para-hydroxylation sites is 1. The van der Waals surface area contributed by atoms with Crippen molar-refractivity contribution in [3.05, 3.63) is 29.8 Å². The average molecular weight is 286 g/mol. The maximum Gasteiger partial charge on any atom is 0.125 e. The van der Waals surface area contributed by atoms with Gasteiger partial charge in [0.2, 0.25) is 0 Å². The molecule has 1 aromatic carbocycles. The lowest BCUT2D eigenvalue weighted by Crippen LogP contribution is -2.47. The van der Waals surface area contributed by atoms with Gasteiger partial charge in [-0.15, -0.1) is 0 Å². The van der Waals surface area contributed by atoms with Gasteiger partial charge in [0.25, 0.3) is 0 Å². The molecule has 0 amide bonds.